The molecule has 0 bridgehead atoms. The van der Waals surface area contributed by atoms with E-state index in [-0.39, 0.29) is 24.0 Å². The SMILES string of the molecule is CCCCOCCOCCNC(=NCC(C(C)C)N1CCCC1)NCC.I. The van der Waals surface area contributed by atoms with E-state index in [1.54, 1.807) is 0 Å². The van der Waals surface area contributed by atoms with Gasteiger partial charge in [-0.2, -0.15) is 0 Å². The smallest absolute Gasteiger partial charge is 0.191 e. The summed E-state index contributed by atoms with van der Waals surface area (Å²) in [4.78, 5) is 7.42. The van der Waals surface area contributed by atoms with E-state index in [2.05, 4.69) is 43.2 Å². The molecule has 6 nitrogen and oxygen atoms in total. The summed E-state index contributed by atoms with van der Waals surface area (Å²) in [6.07, 6.45) is 4.95. The second-order valence-electron chi connectivity index (χ2n) is 7.28. The Hall–Kier alpha value is -0.120. The highest BCUT2D eigenvalue weighted by Gasteiger charge is 2.24. The molecule has 0 aromatic heterocycles. The Morgan fingerprint density at radius 2 is 1.67 bits per heavy atom. The molecule has 2 N–H and O–H groups in total. The number of guanidine groups is 1. The summed E-state index contributed by atoms with van der Waals surface area (Å²) in [5.41, 5.74) is 0. The molecule has 1 heterocycles. The van der Waals surface area contributed by atoms with Crippen LogP contribution in [0, 0.1) is 5.92 Å². The molecule has 1 fully saturated rings. The fraction of sp³-hybridized carbons (Fsp3) is 0.950. The Bertz CT molecular complexity index is 364. The Balaban J connectivity index is 0.00000676. The Morgan fingerprint density at radius 1 is 1.00 bits per heavy atom. The Kier molecular flexibility index (Phi) is 17.9. The predicted octanol–water partition coefficient (Wildman–Crippen LogP) is 3.11. The van der Waals surface area contributed by atoms with Gasteiger partial charge in [0.05, 0.1) is 26.4 Å². The van der Waals surface area contributed by atoms with Gasteiger partial charge >= 0.3 is 0 Å². The second kappa shape index (κ2) is 17.9. The molecule has 27 heavy (non-hydrogen) atoms. The summed E-state index contributed by atoms with van der Waals surface area (Å²) in [7, 11) is 0. The number of hydrogen-bond acceptors (Lipinski definition) is 4. The van der Waals surface area contributed by atoms with Crippen molar-refractivity contribution in [3.8, 4) is 0 Å². The van der Waals surface area contributed by atoms with Crippen LogP contribution in [0.4, 0.5) is 0 Å². The van der Waals surface area contributed by atoms with Crippen molar-refractivity contribution in [2.75, 3.05) is 59.2 Å². The number of likely N-dealkylation sites (tertiary alicyclic amines) is 1. The topological polar surface area (TPSA) is 58.1 Å². The first-order valence-corrected chi connectivity index (χ1v) is 10.6. The molecule has 1 rings (SSSR count). The van der Waals surface area contributed by atoms with Crippen LogP contribution in [-0.2, 0) is 9.47 Å². The van der Waals surface area contributed by atoms with E-state index >= 15 is 0 Å². The van der Waals surface area contributed by atoms with E-state index in [4.69, 9.17) is 14.5 Å². The maximum Gasteiger partial charge on any atom is 0.191 e. The highest BCUT2D eigenvalue weighted by Crippen LogP contribution is 2.17. The molecule has 1 aliphatic rings. The van der Waals surface area contributed by atoms with Crippen molar-refractivity contribution >= 4 is 29.9 Å². The lowest BCUT2D eigenvalue weighted by molar-refractivity contribution is 0.0487. The number of nitrogens with zero attached hydrogens (tertiary/aromatic N) is 2. The van der Waals surface area contributed by atoms with E-state index in [0.29, 0.717) is 31.8 Å². The molecule has 0 spiro atoms. The van der Waals surface area contributed by atoms with Crippen molar-refractivity contribution in [2.45, 2.75) is 59.4 Å². The average molecular weight is 498 g/mol. The molecule has 1 aliphatic heterocycles. The van der Waals surface area contributed by atoms with E-state index in [0.717, 1.165) is 38.6 Å². The van der Waals surface area contributed by atoms with E-state index < -0.39 is 0 Å². The van der Waals surface area contributed by atoms with Crippen LogP contribution in [0.25, 0.3) is 0 Å². The number of hydrogen-bond donors (Lipinski definition) is 2. The van der Waals surface area contributed by atoms with Gasteiger partial charge < -0.3 is 20.1 Å². The van der Waals surface area contributed by atoms with Crippen LogP contribution in [-0.4, -0.2) is 76.1 Å². The maximum atomic E-state index is 5.61. The number of nitrogens with one attached hydrogen (secondary N) is 2. The third-order valence-corrected chi connectivity index (χ3v) is 4.71. The molecule has 0 saturated carbocycles. The summed E-state index contributed by atoms with van der Waals surface area (Å²) in [5.74, 6) is 1.51. The quantitative estimate of drug-likeness (QED) is 0.167. The van der Waals surface area contributed by atoms with Gasteiger partial charge in [-0.3, -0.25) is 9.89 Å². The third-order valence-electron chi connectivity index (χ3n) is 4.71. The van der Waals surface area contributed by atoms with Crippen LogP contribution in [0.1, 0.15) is 53.4 Å². The molecular weight excluding hydrogens is 455 g/mol. The lowest BCUT2D eigenvalue weighted by atomic mass is 10.0. The van der Waals surface area contributed by atoms with Crippen LogP contribution in [0.2, 0.25) is 0 Å². The first-order chi connectivity index (χ1) is 12.7. The number of aliphatic imine (C=N–C) groups is 1. The third kappa shape index (κ3) is 12.9. The average Bonchev–Trinajstić information content (AvgIpc) is 3.14. The molecule has 1 atom stereocenters. The zero-order valence-corrected chi connectivity index (χ0v) is 20.3. The van der Waals surface area contributed by atoms with Crippen molar-refractivity contribution in [1.29, 1.82) is 0 Å². The first kappa shape index (κ1) is 26.9. The zero-order valence-electron chi connectivity index (χ0n) is 18.0. The van der Waals surface area contributed by atoms with Crippen LogP contribution < -0.4 is 10.6 Å². The summed E-state index contributed by atoms with van der Waals surface area (Å²) in [6, 6.07) is 0.532. The lowest BCUT2D eigenvalue weighted by Crippen LogP contribution is -2.42. The van der Waals surface area contributed by atoms with Gasteiger partial charge in [-0.15, -0.1) is 24.0 Å². The monoisotopic (exact) mass is 498 g/mol. The zero-order chi connectivity index (χ0) is 19.0. The van der Waals surface area contributed by atoms with Crippen LogP contribution in [0.3, 0.4) is 0 Å². The standard InChI is InChI=1S/C20H42N4O2.HI/c1-5-7-13-25-15-16-26-14-10-22-20(21-6-2)23-17-19(18(3)4)24-11-8-9-12-24;/h18-19H,5-17H2,1-4H3,(H2,21,22,23);1H. The van der Waals surface area contributed by atoms with Gasteiger partial charge in [0, 0.05) is 25.7 Å². The van der Waals surface area contributed by atoms with Gasteiger partial charge in [-0.1, -0.05) is 27.2 Å². The van der Waals surface area contributed by atoms with Crippen molar-refractivity contribution in [1.82, 2.24) is 15.5 Å². The van der Waals surface area contributed by atoms with Crippen LogP contribution in [0.15, 0.2) is 4.99 Å². The molecule has 0 aliphatic carbocycles. The highest BCUT2D eigenvalue weighted by molar-refractivity contribution is 14.0. The molecular formula is C20H43IN4O2. The first-order valence-electron chi connectivity index (χ1n) is 10.6. The summed E-state index contributed by atoms with van der Waals surface area (Å²) in [6.45, 7) is 16.6. The molecule has 0 amide bonds. The maximum absolute atomic E-state index is 5.61. The van der Waals surface area contributed by atoms with E-state index in [1.165, 1.54) is 32.4 Å². The van der Waals surface area contributed by atoms with Gasteiger partial charge in [0.2, 0.25) is 0 Å². The molecule has 0 aromatic rings. The van der Waals surface area contributed by atoms with Crippen molar-refractivity contribution in [3.63, 3.8) is 0 Å². The molecule has 1 saturated heterocycles. The van der Waals surface area contributed by atoms with Gasteiger partial charge in [-0.05, 0) is 45.2 Å². The fourth-order valence-electron chi connectivity index (χ4n) is 3.16. The Labute approximate surface area is 184 Å². The van der Waals surface area contributed by atoms with Crippen molar-refractivity contribution in [3.05, 3.63) is 0 Å². The Morgan fingerprint density at radius 3 is 2.26 bits per heavy atom. The molecule has 1 unspecified atom stereocenters. The minimum absolute atomic E-state index is 0. The number of rotatable bonds is 14. The lowest BCUT2D eigenvalue weighted by Gasteiger charge is -2.29. The predicted molar refractivity (Wildman–Crippen MR) is 125 cm³/mol. The largest absolute Gasteiger partial charge is 0.379 e. The summed E-state index contributed by atoms with van der Waals surface area (Å²) in [5, 5.41) is 6.70. The van der Waals surface area contributed by atoms with E-state index in [1.807, 2.05) is 0 Å². The van der Waals surface area contributed by atoms with Gasteiger partial charge in [0.15, 0.2) is 5.96 Å². The number of unbranched alkanes of at least 4 members (excludes halogenated alkanes) is 1. The fourth-order valence-corrected chi connectivity index (χ4v) is 3.16. The molecule has 7 heteroatoms. The van der Waals surface area contributed by atoms with Gasteiger partial charge in [0.1, 0.15) is 0 Å². The summed E-state index contributed by atoms with van der Waals surface area (Å²) < 4.78 is 11.1. The van der Waals surface area contributed by atoms with Gasteiger partial charge in [-0.25, -0.2) is 0 Å². The van der Waals surface area contributed by atoms with Crippen LogP contribution in [0.5, 0.6) is 0 Å². The van der Waals surface area contributed by atoms with Gasteiger partial charge in [0.25, 0.3) is 0 Å². The van der Waals surface area contributed by atoms with Crippen LogP contribution >= 0.6 is 24.0 Å². The molecule has 0 aromatic carbocycles. The molecule has 0 radical (unpaired) electrons. The van der Waals surface area contributed by atoms with Crippen molar-refractivity contribution < 1.29 is 9.47 Å². The number of ether oxygens (including phenoxy) is 2. The second-order valence-corrected chi connectivity index (χ2v) is 7.28. The normalized spacial score (nSPS) is 16.4. The number of halogens is 1. The minimum atomic E-state index is 0. The van der Waals surface area contributed by atoms with Crippen molar-refractivity contribution in [2.24, 2.45) is 10.9 Å². The van der Waals surface area contributed by atoms with E-state index in [9.17, 15) is 0 Å². The minimum Gasteiger partial charge on any atom is -0.379 e. The molecule has 162 valence electrons. The summed E-state index contributed by atoms with van der Waals surface area (Å²) >= 11 is 0. The highest BCUT2D eigenvalue weighted by atomic mass is 127.